The number of hydrogen-bond donors (Lipinski definition) is 2. The van der Waals surface area contributed by atoms with Crippen LogP contribution in [0.2, 0.25) is 0 Å². The second-order valence-corrected chi connectivity index (χ2v) is 10.7. The third kappa shape index (κ3) is 6.16. The number of rotatable bonds is 8. The predicted molar refractivity (Wildman–Crippen MR) is 128 cm³/mol. The molecule has 31 heavy (non-hydrogen) atoms. The topological polar surface area (TPSA) is 80.3 Å². The minimum atomic E-state index is -3.13. The molecule has 1 heterocycles. The highest BCUT2D eigenvalue weighted by atomic mass is 31.2. The number of carbonyl (C=O) groups is 1. The van der Waals surface area contributed by atoms with Crippen molar-refractivity contribution in [3.8, 4) is 0 Å². The van der Waals surface area contributed by atoms with E-state index in [9.17, 15) is 9.36 Å². The maximum atomic E-state index is 13.5. The smallest absolute Gasteiger partial charge is 0.294 e. The van der Waals surface area contributed by atoms with Crippen LogP contribution in [0, 0.1) is 5.41 Å². The van der Waals surface area contributed by atoms with E-state index >= 15 is 0 Å². The molecule has 7 heteroatoms. The van der Waals surface area contributed by atoms with Gasteiger partial charge < -0.3 is 14.9 Å². The standard InChI is InChI=1S/C24H30N3O3P/c1-5-30-31(29,27-21-10-6-8-19-9-7-16-25-22(19)21)17-15-18-11-13-20(14-12-18)26-23(28)24(2,3)4/h6-14,16H,5,15,17H2,1-4H3,(H,26,28)(H,27,29). The molecule has 0 bridgehead atoms. The number of nitrogens with one attached hydrogen (secondary N) is 2. The van der Waals surface area contributed by atoms with Crippen molar-refractivity contribution in [1.82, 2.24) is 4.98 Å². The van der Waals surface area contributed by atoms with Crippen molar-refractivity contribution in [3.63, 3.8) is 0 Å². The zero-order valence-electron chi connectivity index (χ0n) is 18.5. The summed E-state index contributed by atoms with van der Waals surface area (Å²) in [6.45, 7) is 7.81. The Kier molecular flexibility index (Phi) is 7.14. The maximum absolute atomic E-state index is 13.5. The van der Waals surface area contributed by atoms with Crippen LogP contribution in [0.3, 0.4) is 0 Å². The number of benzene rings is 2. The van der Waals surface area contributed by atoms with Gasteiger partial charge in [0, 0.05) is 28.8 Å². The highest BCUT2D eigenvalue weighted by Crippen LogP contribution is 2.48. The second kappa shape index (κ2) is 9.63. The molecule has 1 amide bonds. The minimum Gasteiger partial charge on any atom is -0.326 e. The number of amides is 1. The van der Waals surface area contributed by atoms with Crippen LogP contribution in [-0.2, 0) is 20.3 Å². The van der Waals surface area contributed by atoms with E-state index in [0.717, 1.165) is 22.2 Å². The molecule has 1 aromatic heterocycles. The average Bonchev–Trinajstić information content (AvgIpc) is 2.73. The quantitative estimate of drug-likeness (QED) is 0.414. The van der Waals surface area contributed by atoms with Crippen molar-refractivity contribution >= 4 is 35.7 Å². The lowest BCUT2D eigenvalue weighted by Crippen LogP contribution is -2.27. The Morgan fingerprint density at radius 1 is 1.06 bits per heavy atom. The van der Waals surface area contributed by atoms with Gasteiger partial charge in [-0.15, -0.1) is 0 Å². The summed E-state index contributed by atoms with van der Waals surface area (Å²) < 4.78 is 19.2. The van der Waals surface area contributed by atoms with Crippen molar-refractivity contribution in [1.29, 1.82) is 0 Å². The van der Waals surface area contributed by atoms with E-state index in [0.29, 0.717) is 24.9 Å². The Hall–Kier alpha value is -2.69. The number of aromatic nitrogens is 1. The summed E-state index contributed by atoms with van der Waals surface area (Å²) in [6.07, 6.45) is 2.65. The van der Waals surface area contributed by atoms with Crippen molar-refractivity contribution in [2.45, 2.75) is 34.1 Å². The number of anilines is 2. The van der Waals surface area contributed by atoms with Gasteiger partial charge in [-0.05, 0) is 43.2 Å². The number of aryl methyl sites for hydroxylation is 1. The van der Waals surface area contributed by atoms with Crippen LogP contribution in [0.25, 0.3) is 10.9 Å². The van der Waals surface area contributed by atoms with Gasteiger partial charge >= 0.3 is 0 Å². The molecule has 3 aromatic rings. The highest BCUT2D eigenvalue weighted by molar-refractivity contribution is 7.60. The van der Waals surface area contributed by atoms with Gasteiger partial charge in [-0.3, -0.25) is 14.3 Å². The number of carbonyl (C=O) groups excluding carboxylic acids is 1. The van der Waals surface area contributed by atoms with E-state index in [-0.39, 0.29) is 5.91 Å². The normalized spacial score (nSPS) is 13.5. The third-order valence-electron chi connectivity index (χ3n) is 4.85. The van der Waals surface area contributed by atoms with Crippen LogP contribution in [0.4, 0.5) is 11.4 Å². The summed E-state index contributed by atoms with van der Waals surface area (Å²) in [6, 6.07) is 17.2. The summed E-state index contributed by atoms with van der Waals surface area (Å²) in [7, 11) is -3.13. The zero-order valence-corrected chi connectivity index (χ0v) is 19.4. The van der Waals surface area contributed by atoms with Gasteiger partial charge in [0.2, 0.25) is 5.91 Å². The van der Waals surface area contributed by atoms with E-state index in [1.165, 1.54) is 0 Å². The van der Waals surface area contributed by atoms with E-state index in [2.05, 4.69) is 15.4 Å². The molecular formula is C24H30N3O3P. The third-order valence-corrected chi connectivity index (χ3v) is 6.92. The van der Waals surface area contributed by atoms with Crippen LogP contribution >= 0.6 is 7.52 Å². The molecule has 0 aliphatic carbocycles. The fraction of sp³-hybridized carbons (Fsp3) is 0.333. The van der Waals surface area contributed by atoms with Gasteiger partial charge in [0.1, 0.15) is 0 Å². The number of fused-ring (bicyclic) bond motifs is 1. The Bertz CT molecular complexity index is 1090. The first-order valence-electron chi connectivity index (χ1n) is 10.5. The van der Waals surface area contributed by atoms with E-state index < -0.39 is 12.9 Å². The Morgan fingerprint density at radius 3 is 2.45 bits per heavy atom. The highest BCUT2D eigenvalue weighted by Gasteiger charge is 2.24. The summed E-state index contributed by atoms with van der Waals surface area (Å²) in [5.41, 5.74) is 2.78. The molecule has 1 unspecified atom stereocenters. The molecule has 0 spiro atoms. The molecule has 164 valence electrons. The maximum Gasteiger partial charge on any atom is 0.294 e. The molecule has 0 radical (unpaired) electrons. The SMILES string of the molecule is CCOP(=O)(CCc1ccc(NC(=O)C(C)(C)C)cc1)Nc1cccc2cccnc12. The van der Waals surface area contributed by atoms with Gasteiger partial charge in [0.15, 0.2) is 0 Å². The average molecular weight is 439 g/mol. The molecule has 3 rings (SSSR count). The summed E-state index contributed by atoms with van der Waals surface area (Å²) >= 11 is 0. The number of hydrogen-bond acceptors (Lipinski definition) is 4. The second-order valence-electron chi connectivity index (χ2n) is 8.46. The van der Waals surface area contributed by atoms with Gasteiger partial charge in [0.25, 0.3) is 7.52 Å². The van der Waals surface area contributed by atoms with Crippen molar-refractivity contribution in [2.75, 3.05) is 23.2 Å². The Morgan fingerprint density at radius 2 is 1.77 bits per heavy atom. The lowest BCUT2D eigenvalue weighted by Gasteiger charge is -2.21. The Balaban J connectivity index is 1.70. The van der Waals surface area contributed by atoms with Crippen LogP contribution in [0.15, 0.2) is 60.8 Å². The van der Waals surface area contributed by atoms with Crippen molar-refractivity contribution in [2.24, 2.45) is 5.41 Å². The number of para-hydroxylation sites is 1. The fourth-order valence-corrected chi connectivity index (χ4v) is 4.91. The predicted octanol–water partition coefficient (Wildman–Crippen LogP) is 6.10. The summed E-state index contributed by atoms with van der Waals surface area (Å²) in [5, 5.41) is 7.03. The van der Waals surface area contributed by atoms with Crippen LogP contribution in [-0.4, -0.2) is 23.7 Å². The largest absolute Gasteiger partial charge is 0.326 e. The zero-order chi connectivity index (χ0) is 22.5. The number of pyridine rings is 1. The molecule has 0 fully saturated rings. The minimum absolute atomic E-state index is 0.0333. The van der Waals surface area contributed by atoms with Crippen LogP contribution in [0.5, 0.6) is 0 Å². The first-order valence-corrected chi connectivity index (χ1v) is 12.3. The van der Waals surface area contributed by atoms with Crippen molar-refractivity contribution in [3.05, 3.63) is 66.4 Å². The molecular weight excluding hydrogens is 409 g/mol. The Labute approximate surface area is 183 Å². The van der Waals surface area contributed by atoms with Gasteiger partial charge in [0.05, 0.1) is 17.8 Å². The molecule has 1 atom stereocenters. The van der Waals surface area contributed by atoms with Crippen LogP contribution in [0.1, 0.15) is 33.3 Å². The fourth-order valence-electron chi connectivity index (χ4n) is 3.09. The van der Waals surface area contributed by atoms with Gasteiger partial charge in [-0.25, -0.2) is 0 Å². The molecule has 2 aromatic carbocycles. The lowest BCUT2D eigenvalue weighted by molar-refractivity contribution is -0.123. The van der Waals surface area contributed by atoms with E-state index in [1.54, 1.807) is 6.20 Å². The summed E-state index contributed by atoms with van der Waals surface area (Å²) in [4.78, 5) is 16.6. The van der Waals surface area contributed by atoms with Crippen molar-refractivity contribution < 1.29 is 13.9 Å². The molecule has 0 aliphatic heterocycles. The first-order chi connectivity index (χ1) is 14.7. The number of nitrogens with zero attached hydrogens (tertiary/aromatic N) is 1. The van der Waals surface area contributed by atoms with Crippen LogP contribution < -0.4 is 10.4 Å². The summed E-state index contributed by atoms with van der Waals surface area (Å²) in [5.74, 6) is -0.0333. The van der Waals surface area contributed by atoms with E-state index in [4.69, 9.17) is 4.52 Å². The van der Waals surface area contributed by atoms with Gasteiger partial charge in [-0.1, -0.05) is 51.1 Å². The van der Waals surface area contributed by atoms with Gasteiger partial charge in [-0.2, -0.15) is 0 Å². The first kappa shape index (κ1) is 23.0. The molecule has 2 N–H and O–H groups in total. The molecule has 0 saturated carbocycles. The monoisotopic (exact) mass is 439 g/mol. The molecule has 6 nitrogen and oxygen atoms in total. The lowest BCUT2D eigenvalue weighted by atomic mass is 9.95. The molecule has 0 saturated heterocycles. The molecule has 0 aliphatic rings. The van der Waals surface area contributed by atoms with E-state index in [1.807, 2.05) is 82.3 Å².